The van der Waals surface area contributed by atoms with Crippen LogP contribution in [0, 0.1) is 11.3 Å². The average Bonchev–Trinajstić information content (AvgIpc) is 3.19. The van der Waals surface area contributed by atoms with Crippen LogP contribution >= 0.6 is 0 Å². The number of fused-ring (bicyclic) bond motifs is 2. The van der Waals surface area contributed by atoms with Crippen molar-refractivity contribution in [1.29, 1.82) is 5.26 Å². The standard InChI is InChI=1S/C20H20N6O2/c1-3-28-19(27)17-13(2)25(12-11-21)20-22-23-24-26(20)18(17)16-10-6-8-14-7-4-5-9-15(14)16/h4-10,18,23-24H,3,12H2,1-2H3. The van der Waals surface area contributed by atoms with Gasteiger partial charge in [-0.1, -0.05) is 42.5 Å². The molecule has 4 rings (SSSR count). The number of carbonyl (C=O) groups excluding carboxylic acids is 1. The molecular formula is C20H20N6O2. The molecule has 8 nitrogen and oxygen atoms in total. The van der Waals surface area contributed by atoms with Crippen molar-refractivity contribution in [3.8, 4) is 6.07 Å². The van der Waals surface area contributed by atoms with E-state index in [2.05, 4.69) is 22.2 Å². The topological polar surface area (TPSA) is 93.0 Å². The summed E-state index contributed by atoms with van der Waals surface area (Å²) in [7, 11) is 0. The lowest BCUT2D eigenvalue weighted by Crippen LogP contribution is -2.54. The largest absolute Gasteiger partial charge is 0.463 e. The first-order chi connectivity index (χ1) is 13.7. The molecule has 2 aliphatic rings. The molecule has 0 bridgehead atoms. The molecule has 1 unspecified atom stereocenters. The summed E-state index contributed by atoms with van der Waals surface area (Å²) in [6.07, 6.45) is 0. The fourth-order valence-corrected chi connectivity index (χ4v) is 3.74. The third-order valence-corrected chi connectivity index (χ3v) is 4.95. The maximum Gasteiger partial charge on any atom is 0.338 e. The average molecular weight is 376 g/mol. The Morgan fingerprint density at radius 2 is 2.07 bits per heavy atom. The Bertz CT molecular complexity index is 1030. The zero-order chi connectivity index (χ0) is 19.7. The minimum atomic E-state index is -0.464. The van der Waals surface area contributed by atoms with Crippen LogP contribution in [0.15, 0.2) is 58.8 Å². The lowest BCUT2D eigenvalue weighted by molar-refractivity contribution is -0.139. The van der Waals surface area contributed by atoms with E-state index in [-0.39, 0.29) is 13.2 Å². The van der Waals surface area contributed by atoms with E-state index in [1.54, 1.807) is 16.8 Å². The molecule has 2 aliphatic heterocycles. The van der Waals surface area contributed by atoms with Gasteiger partial charge in [0.2, 0.25) is 5.96 Å². The number of allylic oxidation sites excluding steroid dienone is 1. The first-order valence-corrected chi connectivity index (χ1v) is 9.05. The maximum absolute atomic E-state index is 13.0. The monoisotopic (exact) mass is 376 g/mol. The van der Waals surface area contributed by atoms with Gasteiger partial charge in [-0.05, 0) is 30.2 Å². The Labute approximate surface area is 162 Å². The number of esters is 1. The Kier molecular flexibility index (Phi) is 4.59. The molecule has 0 saturated carbocycles. The lowest BCUT2D eigenvalue weighted by Gasteiger charge is -2.41. The molecule has 28 heavy (non-hydrogen) atoms. The van der Waals surface area contributed by atoms with Gasteiger partial charge in [0.05, 0.1) is 18.2 Å². The number of ether oxygens (including phenoxy) is 1. The van der Waals surface area contributed by atoms with Gasteiger partial charge in [-0.3, -0.25) is 4.90 Å². The van der Waals surface area contributed by atoms with Crippen molar-refractivity contribution in [2.24, 2.45) is 5.10 Å². The number of guanidine groups is 1. The number of hydrogen-bond acceptors (Lipinski definition) is 8. The number of benzene rings is 2. The van der Waals surface area contributed by atoms with E-state index in [1.165, 1.54) is 0 Å². The van der Waals surface area contributed by atoms with Gasteiger partial charge in [0, 0.05) is 5.70 Å². The van der Waals surface area contributed by atoms with E-state index in [1.807, 2.05) is 49.4 Å². The molecule has 0 spiro atoms. The van der Waals surface area contributed by atoms with Crippen molar-refractivity contribution in [3.05, 3.63) is 59.3 Å². The number of rotatable bonds is 4. The van der Waals surface area contributed by atoms with Gasteiger partial charge in [0.15, 0.2) is 0 Å². The summed E-state index contributed by atoms with van der Waals surface area (Å²) in [5.41, 5.74) is 7.81. The highest BCUT2D eigenvalue weighted by Crippen LogP contribution is 2.39. The minimum Gasteiger partial charge on any atom is -0.463 e. The lowest BCUT2D eigenvalue weighted by atomic mass is 9.90. The third-order valence-electron chi connectivity index (χ3n) is 4.95. The second kappa shape index (κ2) is 7.21. The number of nitrogens with one attached hydrogen (secondary N) is 2. The van der Waals surface area contributed by atoms with Gasteiger partial charge in [-0.15, -0.1) is 10.6 Å². The molecular weight excluding hydrogens is 356 g/mol. The highest BCUT2D eigenvalue weighted by Gasteiger charge is 2.43. The number of nitrogens with zero attached hydrogens (tertiary/aromatic N) is 4. The molecule has 8 heteroatoms. The molecule has 1 atom stereocenters. The minimum absolute atomic E-state index is 0.0652. The van der Waals surface area contributed by atoms with Crippen LogP contribution in [-0.2, 0) is 9.53 Å². The van der Waals surface area contributed by atoms with Gasteiger partial charge in [0.25, 0.3) is 0 Å². The molecule has 0 saturated heterocycles. The van der Waals surface area contributed by atoms with Crippen molar-refractivity contribution in [1.82, 2.24) is 21.0 Å². The van der Waals surface area contributed by atoms with Crippen LogP contribution in [0.4, 0.5) is 0 Å². The van der Waals surface area contributed by atoms with E-state index in [4.69, 9.17) is 4.74 Å². The van der Waals surface area contributed by atoms with Gasteiger partial charge in [0.1, 0.15) is 12.6 Å². The number of carbonyl (C=O) groups is 1. The Hall–Kier alpha value is -3.57. The van der Waals surface area contributed by atoms with Crippen LogP contribution in [0.1, 0.15) is 25.5 Å². The van der Waals surface area contributed by atoms with Crippen molar-refractivity contribution in [3.63, 3.8) is 0 Å². The molecule has 2 aromatic carbocycles. The summed E-state index contributed by atoms with van der Waals surface area (Å²) >= 11 is 0. The normalized spacial score (nSPS) is 18.5. The van der Waals surface area contributed by atoms with Crippen LogP contribution in [-0.4, -0.2) is 35.0 Å². The molecule has 2 N–H and O–H groups in total. The smallest absolute Gasteiger partial charge is 0.338 e. The number of hydrogen-bond donors (Lipinski definition) is 2. The summed E-state index contributed by atoms with van der Waals surface area (Å²) in [5, 5.41) is 17.4. The summed E-state index contributed by atoms with van der Waals surface area (Å²) in [4.78, 5) is 14.7. The van der Waals surface area contributed by atoms with E-state index >= 15 is 0 Å². The van der Waals surface area contributed by atoms with Crippen LogP contribution in [0.3, 0.4) is 0 Å². The molecule has 0 aliphatic carbocycles. The Morgan fingerprint density at radius 3 is 2.86 bits per heavy atom. The Balaban J connectivity index is 1.96. The summed E-state index contributed by atoms with van der Waals surface area (Å²) < 4.78 is 5.37. The molecule has 0 amide bonds. The second-order valence-corrected chi connectivity index (χ2v) is 6.44. The highest BCUT2D eigenvalue weighted by molar-refractivity contribution is 5.98. The fraction of sp³-hybridized carbons (Fsp3) is 0.250. The summed E-state index contributed by atoms with van der Waals surface area (Å²) in [5.74, 6) is 0.124. The zero-order valence-corrected chi connectivity index (χ0v) is 15.6. The van der Waals surface area contributed by atoms with Crippen molar-refractivity contribution < 1.29 is 9.53 Å². The first-order valence-electron chi connectivity index (χ1n) is 9.05. The fourth-order valence-electron chi connectivity index (χ4n) is 3.74. The van der Waals surface area contributed by atoms with E-state index in [0.29, 0.717) is 17.2 Å². The van der Waals surface area contributed by atoms with E-state index < -0.39 is 12.0 Å². The van der Waals surface area contributed by atoms with Gasteiger partial charge in [-0.2, -0.15) is 5.26 Å². The van der Waals surface area contributed by atoms with Gasteiger partial charge in [-0.25, -0.2) is 15.3 Å². The highest BCUT2D eigenvalue weighted by atomic mass is 16.5. The van der Waals surface area contributed by atoms with Crippen molar-refractivity contribution in [2.45, 2.75) is 19.9 Å². The molecule has 0 aromatic heterocycles. The predicted octanol–water partition coefficient (Wildman–Crippen LogP) is 2.15. The van der Waals surface area contributed by atoms with Gasteiger partial charge >= 0.3 is 5.97 Å². The van der Waals surface area contributed by atoms with Crippen molar-refractivity contribution >= 4 is 22.7 Å². The van der Waals surface area contributed by atoms with Crippen LogP contribution < -0.4 is 11.1 Å². The zero-order valence-electron chi connectivity index (χ0n) is 15.6. The number of hydrazine groups is 2. The van der Waals surface area contributed by atoms with Gasteiger partial charge < -0.3 is 4.74 Å². The van der Waals surface area contributed by atoms with E-state index in [9.17, 15) is 10.1 Å². The molecule has 142 valence electrons. The number of nitriles is 1. The summed E-state index contributed by atoms with van der Waals surface area (Å²) in [6, 6.07) is 15.7. The maximum atomic E-state index is 13.0. The molecule has 0 fully saturated rings. The third kappa shape index (κ3) is 2.73. The molecule has 0 radical (unpaired) electrons. The van der Waals surface area contributed by atoms with E-state index in [0.717, 1.165) is 16.3 Å². The first kappa shape index (κ1) is 17.8. The second-order valence-electron chi connectivity index (χ2n) is 6.44. The van der Waals surface area contributed by atoms with Crippen molar-refractivity contribution in [2.75, 3.05) is 13.2 Å². The van der Waals surface area contributed by atoms with Crippen LogP contribution in [0.2, 0.25) is 0 Å². The van der Waals surface area contributed by atoms with Crippen LogP contribution in [0.25, 0.3) is 10.8 Å². The van der Waals surface area contributed by atoms with Crippen LogP contribution in [0.5, 0.6) is 0 Å². The summed E-state index contributed by atoms with van der Waals surface area (Å²) in [6.45, 7) is 3.93. The molecule has 2 aromatic rings. The number of hydrazone groups is 1. The SMILES string of the molecule is CCOC(=O)C1=C(C)N(CC#N)C2=NNNN2C1c1cccc2ccccc12. The quantitative estimate of drug-likeness (QED) is 0.624. The molecule has 2 heterocycles. The predicted molar refractivity (Wildman–Crippen MR) is 104 cm³/mol. The Morgan fingerprint density at radius 1 is 1.29 bits per heavy atom.